The fraction of sp³-hybridized carbons (Fsp3) is 0.125. The molecule has 1 heterocycles. The summed E-state index contributed by atoms with van der Waals surface area (Å²) in [7, 11) is -3.91. The number of rotatable bonds is 2. The highest BCUT2D eigenvalue weighted by molar-refractivity contribution is 7.88. The number of para-hydroxylation sites is 1. The summed E-state index contributed by atoms with van der Waals surface area (Å²) in [4.78, 5) is 3.75. The molecule has 80 valence electrons. The number of nitrogens with two attached hydrogens (primary N) is 1. The van der Waals surface area contributed by atoms with Crippen LogP contribution < -0.4 is 5.14 Å². The van der Waals surface area contributed by atoms with Crippen molar-refractivity contribution >= 4 is 32.7 Å². The van der Waals surface area contributed by atoms with Gasteiger partial charge in [0.1, 0.15) is 5.52 Å². The van der Waals surface area contributed by atoms with Crippen molar-refractivity contribution in [3.8, 4) is 0 Å². The quantitative estimate of drug-likeness (QED) is 0.807. The van der Waals surface area contributed by atoms with E-state index < -0.39 is 15.2 Å². The normalized spacial score (nSPS) is 12.1. The van der Waals surface area contributed by atoms with Gasteiger partial charge in [-0.15, -0.1) is 11.6 Å². The summed E-state index contributed by atoms with van der Waals surface area (Å²) in [5, 5.41) is 4.40. The molecule has 0 aliphatic carbocycles. The Labute approximate surface area is 90.9 Å². The SMILES string of the molecule is NS(=O)(=O)c1nc2cccc(CCl)c2o1. The van der Waals surface area contributed by atoms with Crippen LogP contribution in [0.25, 0.3) is 11.1 Å². The molecular weight excluding hydrogens is 240 g/mol. The first-order valence-electron chi connectivity index (χ1n) is 3.99. The number of primary sulfonamides is 1. The Hall–Kier alpha value is -1.11. The van der Waals surface area contributed by atoms with Gasteiger partial charge in [0.05, 0.1) is 5.88 Å². The molecule has 0 fully saturated rings. The number of alkyl halides is 1. The molecule has 0 bridgehead atoms. The zero-order chi connectivity index (χ0) is 11.1. The summed E-state index contributed by atoms with van der Waals surface area (Å²) in [5.41, 5.74) is 1.46. The summed E-state index contributed by atoms with van der Waals surface area (Å²) >= 11 is 5.66. The molecule has 2 N–H and O–H groups in total. The minimum atomic E-state index is -3.91. The third kappa shape index (κ3) is 1.83. The van der Waals surface area contributed by atoms with Crippen LogP contribution in [0.3, 0.4) is 0 Å². The van der Waals surface area contributed by atoms with Gasteiger partial charge in [0.2, 0.25) is 0 Å². The molecule has 0 saturated carbocycles. The van der Waals surface area contributed by atoms with Gasteiger partial charge < -0.3 is 4.42 Å². The maximum Gasteiger partial charge on any atom is 0.331 e. The molecule has 15 heavy (non-hydrogen) atoms. The molecule has 0 aliphatic heterocycles. The number of aromatic nitrogens is 1. The fourth-order valence-corrected chi connectivity index (χ4v) is 1.85. The molecular formula is C8H7ClN2O3S. The molecule has 7 heteroatoms. The first-order chi connectivity index (χ1) is 7.02. The standard InChI is InChI=1S/C8H7ClN2O3S/c9-4-5-2-1-3-6-7(5)14-8(11-6)15(10,12)13/h1-3H,4H2,(H2,10,12,13). The van der Waals surface area contributed by atoms with Gasteiger partial charge in [0.25, 0.3) is 10.0 Å². The number of nitrogens with zero attached hydrogens (tertiary/aromatic N) is 1. The molecule has 0 radical (unpaired) electrons. The van der Waals surface area contributed by atoms with Crippen LogP contribution >= 0.6 is 11.6 Å². The van der Waals surface area contributed by atoms with Crippen molar-refractivity contribution in [3.63, 3.8) is 0 Å². The maximum atomic E-state index is 11.0. The van der Waals surface area contributed by atoms with Crippen LogP contribution in [0.5, 0.6) is 0 Å². The molecule has 2 aromatic rings. The van der Waals surface area contributed by atoms with Gasteiger partial charge in [-0.25, -0.2) is 13.6 Å². The Kier molecular flexibility index (Phi) is 2.41. The van der Waals surface area contributed by atoms with E-state index in [2.05, 4.69) is 4.98 Å². The number of fused-ring (bicyclic) bond motifs is 1. The summed E-state index contributed by atoms with van der Waals surface area (Å²) in [5.74, 6) is 0.219. The Bertz CT molecular complexity index is 605. The second-order valence-corrected chi connectivity index (χ2v) is 4.63. The Morgan fingerprint density at radius 3 is 2.80 bits per heavy atom. The smallest absolute Gasteiger partial charge is 0.331 e. The molecule has 1 aromatic carbocycles. The summed E-state index contributed by atoms with van der Waals surface area (Å²) in [6.45, 7) is 0. The van der Waals surface area contributed by atoms with Crippen LogP contribution in [0.15, 0.2) is 27.8 Å². The number of hydrogen-bond acceptors (Lipinski definition) is 4. The van der Waals surface area contributed by atoms with E-state index in [9.17, 15) is 8.42 Å². The number of sulfonamides is 1. The zero-order valence-corrected chi connectivity index (χ0v) is 9.05. The monoisotopic (exact) mass is 246 g/mol. The van der Waals surface area contributed by atoms with Gasteiger partial charge in [-0.1, -0.05) is 12.1 Å². The minimum absolute atomic E-state index is 0.219. The van der Waals surface area contributed by atoms with E-state index in [4.69, 9.17) is 21.2 Å². The highest BCUT2D eigenvalue weighted by atomic mass is 35.5. The van der Waals surface area contributed by atoms with Crippen LogP contribution in [0.1, 0.15) is 5.56 Å². The predicted octanol–water partition coefficient (Wildman–Crippen LogP) is 1.21. The summed E-state index contributed by atoms with van der Waals surface area (Å²) in [6.07, 6.45) is 0. The van der Waals surface area contributed by atoms with Crippen molar-refractivity contribution in [2.24, 2.45) is 5.14 Å². The first kappa shape index (κ1) is 10.4. The third-order valence-electron chi connectivity index (χ3n) is 1.86. The second kappa shape index (κ2) is 3.48. The van der Waals surface area contributed by atoms with Crippen LogP contribution in [-0.2, 0) is 15.9 Å². The Morgan fingerprint density at radius 1 is 1.47 bits per heavy atom. The van der Waals surface area contributed by atoms with E-state index in [0.717, 1.165) is 0 Å². The minimum Gasteiger partial charge on any atom is -0.427 e. The lowest BCUT2D eigenvalue weighted by molar-refractivity contribution is 0.457. The number of oxazole rings is 1. The van der Waals surface area contributed by atoms with E-state index in [-0.39, 0.29) is 5.88 Å². The van der Waals surface area contributed by atoms with Crippen LogP contribution in [0, 0.1) is 0 Å². The second-order valence-electron chi connectivity index (χ2n) is 2.92. The summed E-state index contributed by atoms with van der Waals surface area (Å²) in [6, 6.07) is 5.08. The van der Waals surface area contributed by atoms with Gasteiger partial charge >= 0.3 is 5.22 Å². The lowest BCUT2D eigenvalue weighted by atomic mass is 10.2. The van der Waals surface area contributed by atoms with Crippen molar-refractivity contribution < 1.29 is 12.8 Å². The van der Waals surface area contributed by atoms with Crippen molar-refractivity contribution in [1.29, 1.82) is 0 Å². The van der Waals surface area contributed by atoms with Gasteiger partial charge in [0, 0.05) is 5.56 Å². The molecule has 0 unspecified atom stereocenters. The lowest BCUT2D eigenvalue weighted by Gasteiger charge is -1.93. The Morgan fingerprint density at radius 2 is 2.20 bits per heavy atom. The van der Waals surface area contributed by atoms with Crippen molar-refractivity contribution in [1.82, 2.24) is 4.98 Å². The molecule has 1 aromatic heterocycles. The van der Waals surface area contributed by atoms with Crippen molar-refractivity contribution in [3.05, 3.63) is 23.8 Å². The maximum absolute atomic E-state index is 11.0. The van der Waals surface area contributed by atoms with E-state index in [1.54, 1.807) is 18.2 Å². The van der Waals surface area contributed by atoms with Gasteiger partial charge in [-0.3, -0.25) is 0 Å². The highest BCUT2D eigenvalue weighted by Gasteiger charge is 2.17. The molecule has 0 amide bonds. The average Bonchev–Trinajstić information content (AvgIpc) is 2.59. The molecule has 0 saturated heterocycles. The van der Waals surface area contributed by atoms with Gasteiger partial charge in [-0.05, 0) is 6.07 Å². The van der Waals surface area contributed by atoms with Crippen molar-refractivity contribution in [2.45, 2.75) is 11.1 Å². The van der Waals surface area contributed by atoms with E-state index in [1.807, 2.05) is 0 Å². The van der Waals surface area contributed by atoms with Gasteiger partial charge in [0.15, 0.2) is 5.58 Å². The third-order valence-corrected chi connectivity index (χ3v) is 2.81. The fourth-order valence-electron chi connectivity index (χ4n) is 1.21. The van der Waals surface area contributed by atoms with Gasteiger partial charge in [-0.2, -0.15) is 4.98 Å². The molecule has 5 nitrogen and oxygen atoms in total. The molecule has 0 atom stereocenters. The van der Waals surface area contributed by atoms with E-state index in [1.165, 1.54) is 0 Å². The zero-order valence-electron chi connectivity index (χ0n) is 7.47. The predicted molar refractivity (Wildman–Crippen MR) is 54.9 cm³/mol. The van der Waals surface area contributed by atoms with Crippen LogP contribution in [0.4, 0.5) is 0 Å². The number of benzene rings is 1. The van der Waals surface area contributed by atoms with Crippen LogP contribution in [0.2, 0.25) is 0 Å². The van der Waals surface area contributed by atoms with Crippen LogP contribution in [-0.4, -0.2) is 13.4 Å². The molecule has 0 aliphatic rings. The van der Waals surface area contributed by atoms with Crippen molar-refractivity contribution in [2.75, 3.05) is 0 Å². The summed E-state index contributed by atoms with van der Waals surface area (Å²) < 4.78 is 27.0. The largest absolute Gasteiger partial charge is 0.427 e. The topological polar surface area (TPSA) is 86.2 Å². The van der Waals surface area contributed by atoms with E-state index in [0.29, 0.717) is 16.7 Å². The molecule has 0 spiro atoms. The number of hydrogen-bond donors (Lipinski definition) is 1. The molecule has 2 rings (SSSR count). The lowest BCUT2D eigenvalue weighted by Crippen LogP contribution is -2.12. The Balaban J connectivity index is 2.76. The average molecular weight is 247 g/mol. The first-order valence-corrected chi connectivity index (χ1v) is 6.07. The van der Waals surface area contributed by atoms with E-state index >= 15 is 0 Å². The number of halogens is 1. The highest BCUT2D eigenvalue weighted by Crippen LogP contribution is 2.22.